The molecule has 1 atom stereocenters. The first-order valence-corrected chi connectivity index (χ1v) is 11.2. The zero-order valence-electron chi connectivity index (χ0n) is 17.9. The summed E-state index contributed by atoms with van der Waals surface area (Å²) in [6, 6.07) is 10.2. The molecular formula is C24H32ClO5Zr-. The molecule has 2 saturated carbocycles. The first kappa shape index (κ1) is 33.4. The van der Waals surface area contributed by atoms with Gasteiger partial charge in [-0.25, -0.2) is 18.6 Å². The van der Waals surface area contributed by atoms with E-state index in [2.05, 4.69) is 19.1 Å². The average Bonchev–Trinajstić information content (AvgIpc) is 3.44. The molecular weight excluding hydrogens is 495 g/mol. The SMILES string of the molecule is CCCCCCC(O)Cc1ccccc1.[CH]1[CH][CH][CH][CH]1.[CH]1[CH][CH][CH][CH]1.[O-][Cl+3]([O-])([O-])[O-].[Zr]. The predicted octanol–water partition coefficient (Wildman–Crippen LogP) is 0.845. The van der Waals surface area contributed by atoms with Crippen molar-refractivity contribution < 1.29 is 60.2 Å². The number of unbranched alkanes of at least 4 members (excludes halogenated alkanes) is 3. The molecule has 2 aliphatic carbocycles. The maximum atomic E-state index is 9.80. The van der Waals surface area contributed by atoms with Gasteiger partial charge in [0.1, 0.15) is 0 Å². The number of aliphatic hydroxyl groups is 1. The Morgan fingerprint density at radius 1 is 0.710 bits per heavy atom. The Labute approximate surface area is 211 Å². The molecule has 0 aromatic heterocycles. The molecule has 170 valence electrons. The van der Waals surface area contributed by atoms with E-state index in [1.807, 2.05) is 82.4 Å². The van der Waals surface area contributed by atoms with Gasteiger partial charge in [0.05, 0.1) is 6.10 Å². The fourth-order valence-corrected chi connectivity index (χ4v) is 2.44. The molecule has 2 aliphatic rings. The summed E-state index contributed by atoms with van der Waals surface area (Å²) in [4.78, 5) is 0. The van der Waals surface area contributed by atoms with Gasteiger partial charge in [0, 0.05) is 26.2 Å². The van der Waals surface area contributed by atoms with Gasteiger partial charge in [0.2, 0.25) is 0 Å². The van der Waals surface area contributed by atoms with Gasteiger partial charge in [-0.1, -0.05) is 62.9 Å². The first-order valence-electron chi connectivity index (χ1n) is 10.00. The van der Waals surface area contributed by atoms with Crippen LogP contribution in [0, 0.1) is 74.5 Å². The summed E-state index contributed by atoms with van der Waals surface area (Å²) in [6.07, 6.45) is 26.5. The topological polar surface area (TPSA) is 112 Å². The molecule has 1 unspecified atom stereocenters. The predicted molar refractivity (Wildman–Crippen MR) is 108 cm³/mol. The van der Waals surface area contributed by atoms with Crippen molar-refractivity contribution in [1.82, 2.24) is 0 Å². The minimum Gasteiger partial charge on any atom is -0.393 e. The van der Waals surface area contributed by atoms with Crippen LogP contribution in [0.15, 0.2) is 30.3 Å². The molecule has 0 saturated heterocycles. The number of hydrogen-bond donors (Lipinski definition) is 1. The van der Waals surface area contributed by atoms with Crippen LogP contribution in [0.3, 0.4) is 0 Å². The van der Waals surface area contributed by atoms with E-state index in [1.165, 1.54) is 24.8 Å². The summed E-state index contributed by atoms with van der Waals surface area (Å²) >= 11 is 0. The Kier molecular flexibility index (Phi) is 25.1. The van der Waals surface area contributed by atoms with Crippen LogP contribution in [0.25, 0.3) is 0 Å². The van der Waals surface area contributed by atoms with Crippen LogP contribution in [0.4, 0.5) is 0 Å². The molecule has 0 spiro atoms. The van der Waals surface area contributed by atoms with Crippen LogP contribution in [0.1, 0.15) is 44.6 Å². The van der Waals surface area contributed by atoms with Gasteiger partial charge in [-0.3, -0.25) is 0 Å². The summed E-state index contributed by atoms with van der Waals surface area (Å²) in [5.74, 6) is 0. The van der Waals surface area contributed by atoms with Gasteiger partial charge < -0.3 is 5.11 Å². The Morgan fingerprint density at radius 2 is 1.10 bits per heavy atom. The number of hydrogen-bond acceptors (Lipinski definition) is 5. The summed E-state index contributed by atoms with van der Waals surface area (Å²) in [7, 11) is -4.94. The van der Waals surface area contributed by atoms with Gasteiger partial charge in [-0.2, -0.15) is 0 Å². The van der Waals surface area contributed by atoms with Crippen molar-refractivity contribution in [3.63, 3.8) is 0 Å². The molecule has 0 aliphatic heterocycles. The molecule has 0 bridgehead atoms. The molecule has 0 amide bonds. The van der Waals surface area contributed by atoms with E-state index in [9.17, 15) is 5.11 Å². The molecule has 2 fully saturated rings. The summed E-state index contributed by atoms with van der Waals surface area (Å²) in [5.41, 5.74) is 1.24. The fourth-order valence-electron chi connectivity index (χ4n) is 2.44. The van der Waals surface area contributed by atoms with E-state index in [0.29, 0.717) is 0 Å². The summed E-state index contributed by atoms with van der Waals surface area (Å²) in [5, 5.41) is 9.80. The van der Waals surface area contributed by atoms with Crippen LogP contribution >= 0.6 is 0 Å². The number of aliphatic hydroxyl groups excluding tert-OH is 1. The van der Waals surface area contributed by atoms with Crippen molar-refractivity contribution in [3.05, 3.63) is 100 Å². The molecule has 5 nitrogen and oxygen atoms in total. The molecule has 0 heterocycles. The fraction of sp³-hybridized carbons (Fsp3) is 0.333. The van der Waals surface area contributed by atoms with Gasteiger partial charge in [0.25, 0.3) is 0 Å². The second-order valence-corrected chi connectivity index (χ2v) is 7.25. The Bertz CT molecular complexity index is 432. The minimum absolute atomic E-state index is 0. The van der Waals surface area contributed by atoms with Crippen molar-refractivity contribution in [1.29, 1.82) is 0 Å². The zero-order valence-corrected chi connectivity index (χ0v) is 21.2. The van der Waals surface area contributed by atoms with E-state index < -0.39 is 10.2 Å². The molecule has 3 rings (SSSR count). The quantitative estimate of drug-likeness (QED) is 0.529. The van der Waals surface area contributed by atoms with E-state index in [-0.39, 0.29) is 32.3 Å². The minimum atomic E-state index is -4.94. The van der Waals surface area contributed by atoms with Crippen LogP contribution in [0.2, 0.25) is 0 Å². The number of halogens is 1. The van der Waals surface area contributed by atoms with E-state index in [1.54, 1.807) is 0 Å². The molecule has 1 aromatic rings. The van der Waals surface area contributed by atoms with Crippen LogP contribution in [0.5, 0.6) is 0 Å². The van der Waals surface area contributed by atoms with Crippen molar-refractivity contribution in [2.24, 2.45) is 0 Å². The van der Waals surface area contributed by atoms with Crippen LogP contribution < -0.4 is 18.6 Å². The monoisotopic (exact) mass is 525 g/mol. The first-order chi connectivity index (χ1) is 14.3. The van der Waals surface area contributed by atoms with Crippen LogP contribution in [-0.2, 0) is 32.6 Å². The third kappa shape index (κ3) is 30.2. The molecule has 7 heteroatoms. The van der Waals surface area contributed by atoms with Gasteiger partial charge >= 0.3 is 0 Å². The van der Waals surface area contributed by atoms with Crippen LogP contribution in [-0.4, -0.2) is 11.2 Å². The van der Waals surface area contributed by atoms with E-state index in [0.717, 1.165) is 19.3 Å². The maximum Gasteiger partial charge on any atom is 0.0580 e. The second-order valence-electron chi connectivity index (χ2n) is 6.50. The molecule has 1 N–H and O–H groups in total. The van der Waals surface area contributed by atoms with Crippen molar-refractivity contribution in [2.75, 3.05) is 0 Å². The third-order valence-electron chi connectivity index (χ3n) is 3.82. The Hall–Kier alpha value is 0.193. The average molecular weight is 527 g/mol. The van der Waals surface area contributed by atoms with Crippen molar-refractivity contribution in [2.45, 2.75) is 51.6 Å². The van der Waals surface area contributed by atoms with Crippen molar-refractivity contribution in [3.8, 4) is 0 Å². The Morgan fingerprint density at radius 3 is 1.45 bits per heavy atom. The Balaban J connectivity index is 0. The standard InChI is InChI=1S/C14H22O.2C5H5.ClHO4.Zr/c1-2-3-4-8-11-14(15)12-13-9-6-5-7-10-13;2*1-2-4-5-3-1;2-1(3,4)5;/h5-7,9-10,14-15H,2-4,8,11-12H2,1H3;2*1-5H;(H,2,3,4,5);/p-1. The summed E-state index contributed by atoms with van der Waals surface area (Å²) in [6.45, 7) is 2.21. The largest absolute Gasteiger partial charge is 0.393 e. The second kappa shape index (κ2) is 23.4. The molecule has 31 heavy (non-hydrogen) atoms. The third-order valence-corrected chi connectivity index (χ3v) is 3.82. The van der Waals surface area contributed by atoms with Gasteiger partial charge in [-0.05, 0) is 82.6 Å². The summed E-state index contributed by atoms with van der Waals surface area (Å²) < 4.78 is 34.0. The number of rotatable bonds is 7. The zero-order chi connectivity index (χ0) is 22.5. The van der Waals surface area contributed by atoms with E-state index in [4.69, 9.17) is 18.6 Å². The normalized spacial score (nSPS) is 15.8. The van der Waals surface area contributed by atoms with Crippen molar-refractivity contribution >= 4 is 0 Å². The van der Waals surface area contributed by atoms with E-state index >= 15 is 0 Å². The smallest absolute Gasteiger partial charge is 0.0580 e. The maximum absolute atomic E-state index is 9.80. The van der Waals surface area contributed by atoms with Gasteiger partial charge in [-0.15, -0.1) is 10.2 Å². The molecule has 10 radical (unpaired) electrons. The number of benzene rings is 1. The van der Waals surface area contributed by atoms with Gasteiger partial charge in [0.15, 0.2) is 0 Å². The molecule has 1 aromatic carbocycles.